The minimum absolute atomic E-state index is 0.177. The van der Waals surface area contributed by atoms with E-state index in [9.17, 15) is 10.2 Å². The molecule has 36 heavy (non-hydrogen) atoms. The van der Waals surface area contributed by atoms with Crippen LogP contribution in [0.25, 0.3) is 22.2 Å². The lowest BCUT2D eigenvalue weighted by Gasteiger charge is -2.26. The second-order valence-corrected chi connectivity index (χ2v) is 10.9. The van der Waals surface area contributed by atoms with Crippen molar-refractivity contribution in [1.82, 2.24) is 9.47 Å². The number of likely N-dealkylation sites (tertiary alicyclic amines) is 1. The van der Waals surface area contributed by atoms with Crippen LogP contribution in [0.3, 0.4) is 0 Å². The van der Waals surface area contributed by atoms with Crippen LogP contribution in [-0.2, 0) is 6.54 Å². The summed E-state index contributed by atoms with van der Waals surface area (Å²) in [6.45, 7) is 6.61. The zero-order valence-corrected chi connectivity index (χ0v) is 23.2. The predicted octanol–water partition coefficient (Wildman–Crippen LogP) is 7.20. The van der Waals surface area contributed by atoms with E-state index in [0.717, 1.165) is 49.2 Å². The number of aromatic hydroxyl groups is 2. The number of ether oxygens (including phenoxy) is 1. The van der Waals surface area contributed by atoms with Crippen molar-refractivity contribution in [2.24, 2.45) is 0 Å². The molecule has 5 rings (SSSR count). The third-order valence-corrected chi connectivity index (χ3v) is 8.74. The van der Waals surface area contributed by atoms with Gasteiger partial charge in [0, 0.05) is 24.0 Å². The number of hydrogen-bond acceptors (Lipinski definition) is 4. The summed E-state index contributed by atoms with van der Waals surface area (Å²) in [4.78, 5) is 2.48. The molecular weight excluding hydrogens is 587 g/mol. The molecule has 0 atom stereocenters. The topological polar surface area (TPSA) is 57.9 Å². The maximum atomic E-state index is 10.2. The fraction of sp³-hybridized carbons (Fsp3) is 0.310. The predicted molar refractivity (Wildman–Crippen MR) is 154 cm³/mol. The Balaban J connectivity index is 1.42. The highest BCUT2D eigenvalue weighted by Gasteiger charge is 2.21. The van der Waals surface area contributed by atoms with Gasteiger partial charge in [0.25, 0.3) is 0 Å². The summed E-state index contributed by atoms with van der Waals surface area (Å²) < 4.78 is 8.99. The van der Waals surface area contributed by atoms with E-state index in [-0.39, 0.29) is 11.5 Å². The molecule has 0 saturated carbocycles. The number of piperidine rings is 1. The van der Waals surface area contributed by atoms with Crippen molar-refractivity contribution < 1.29 is 14.9 Å². The molecule has 0 amide bonds. The summed E-state index contributed by atoms with van der Waals surface area (Å²) in [5.74, 6) is 1.31. The molecule has 3 aromatic carbocycles. The second-order valence-electron chi connectivity index (χ2n) is 9.42. The van der Waals surface area contributed by atoms with E-state index in [4.69, 9.17) is 16.3 Å². The highest BCUT2D eigenvalue weighted by atomic mass is 127. The van der Waals surface area contributed by atoms with Crippen molar-refractivity contribution in [3.63, 3.8) is 0 Å². The van der Waals surface area contributed by atoms with E-state index >= 15 is 0 Å². The lowest BCUT2D eigenvalue weighted by atomic mass is 10.0. The fourth-order valence-corrected chi connectivity index (χ4v) is 5.83. The molecule has 0 radical (unpaired) electrons. The molecule has 188 valence electrons. The van der Waals surface area contributed by atoms with Crippen LogP contribution in [0.5, 0.6) is 17.2 Å². The number of hydrogen-bond donors (Lipinski definition) is 2. The molecule has 2 N–H and O–H groups in total. The maximum absolute atomic E-state index is 10.2. The van der Waals surface area contributed by atoms with Crippen LogP contribution in [0.15, 0.2) is 54.6 Å². The lowest BCUT2D eigenvalue weighted by Crippen LogP contribution is -2.33. The van der Waals surface area contributed by atoms with Crippen molar-refractivity contribution in [3.05, 3.63) is 74.3 Å². The third kappa shape index (κ3) is 5.17. The van der Waals surface area contributed by atoms with Gasteiger partial charge in [-0.05, 0) is 109 Å². The van der Waals surface area contributed by atoms with Gasteiger partial charge in [-0.3, -0.25) is 4.90 Å². The SMILES string of the molecule is Cc1c(-c2c(Cl)c3cc(O)ccc3n2Cc2ccc(OCCN3CCCCC3)cc2)ccc(O)c1I. The molecular formula is C29H30ClIN2O3. The van der Waals surface area contributed by atoms with E-state index < -0.39 is 0 Å². The molecule has 2 heterocycles. The van der Waals surface area contributed by atoms with Gasteiger partial charge in [-0.15, -0.1) is 0 Å². The van der Waals surface area contributed by atoms with Crippen molar-refractivity contribution in [2.75, 3.05) is 26.2 Å². The summed E-state index contributed by atoms with van der Waals surface area (Å²) in [6, 6.07) is 17.1. The van der Waals surface area contributed by atoms with E-state index in [0.29, 0.717) is 18.2 Å². The number of nitrogens with zero attached hydrogens (tertiary/aromatic N) is 2. The van der Waals surface area contributed by atoms with Crippen LogP contribution in [0.1, 0.15) is 30.4 Å². The summed E-state index contributed by atoms with van der Waals surface area (Å²) in [5.41, 5.74) is 4.85. The molecule has 1 aromatic heterocycles. The zero-order valence-electron chi connectivity index (χ0n) is 20.3. The number of phenolic OH excluding ortho intramolecular Hbond substituents is 2. The van der Waals surface area contributed by atoms with Gasteiger partial charge in [-0.25, -0.2) is 0 Å². The van der Waals surface area contributed by atoms with Crippen LogP contribution in [0.2, 0.25) is 5.02 Å². The Morgan fingerprint density at radius 2 is 1.72 bits per heavy atom. The van der Waals surface area contributed by atoms with E-state index in [2.05, 4.69) is 44.2 Å². The molecule has 1 fully saturated rings. The quantitative estimate of drug-likeness (QED) is 0.216. The first-order valence-electron chi connectivity index (χ1n) is 12.4. The Morgan fingerprint density at radius 3 is 2.47 bits per heavy atom. The first kappa shape index (κ1) is 25.2. The average molecular weight is 617 g/mol. The van der Waals surface area contributed by atoms with Crippen molar-refractivity contribution in [2.45, 2.75) is 32.7 Å². The third-order valence-electron chi connectivity index (χ3n) is 7.00. The van der Waals surface area contributed by atoms with Crippen LogP contribution in [-0.4, -0.2) is 45.9 Å². The zero-order chi connectivity index (χ0) is 25.2. The molecule has 1 aliphatic rings. The number of aromatic nitrogens is 1. The van der Waals surface area contributed by atoms with Gasteiger partial charge < -0.3 is 19.5 Å². The molecule has 4 aromatic rings. The minimum atomic E-state index is 0.177. The van der Waals surface area contributed by atoms with Crippen LogP contribution < -0.4 is 4.74 Å². The Morgan fingerprint density at radius 1 is 0.972 bits per heavy atom. The molecule has 7 heteroatoms. The Bertz CT molecular complexity index is 1380. The van der Waals surface area contributed by atoms with Gasteiger partial charge in [-0.2, -0.15) is 0 Å². The van der Waals surface area contributed by atoms with Crippen molar-refractivity contribution in [1.29, 1.82) is 0 Å². The first-order valence-corrected chi connectivity index (χ1v) is 13.8. The van der Waals surface area contributed by atoms with Crippen molar-refractivity contribution in [3.8, 4) is 28.5 Å². The molecule has 0 unspecified atom stereocenters. The average Bonchev–Trinajstić information content (AvgIpc) is 3.15. The minimum Gasteiger partial charge on any atom is -0.508 e. The van der Waals surface area contributed by atoms with Gasteiger partial charge in [0.15, 0.2) is 0 Å². The molecule has 1 aliphatic heterocycles. The van der Waals surface area contributed by atoms with E-state index in [1.54, 1.807) is 18.2 Å². The molecule has 0 spiro atoms. The smallest absolute Gasteiger partial charge is 0.129 e. The number of phenols is 2. The standard InChI is InChI=1S/C29H30ClIN2O3/c1-19-23(10-12-26(35)28(19)31)29-27(30)24-17-21(34)7-11-25(24)33(29)18-20-5-8-22(9-6-20)36-16-15-32-13-3-2-4-14-32/h5-12,17,34-35H,2-4,13-16,18H2,1H3. The summed E-state index contributed by atoms with van der Waals surface area (Å²) in [5, 5.41) is 21.7. The van der Waals surface area contributed by atoms with Gasteiger partial charge in [-0.1, -0.05) is 30.2 Å². The lowest BCUT2D eigenvalue weighted by molar-refractivity contribution is 0.183. The summed E-state index contributed by atoms with van der Waals surface area (Å²) >= 11 is 9.09. The summed E-state index contributed by atoms with van der Waals surface area (Å²) in [6.07, 6.45) is 3.92. The molecule has 0 aliphatic carbocycles. The van der Waals surface area contributed by atoms with Gasteiger partial charge in [0.05, 0.1) is 19.8 Å². The van der Waals surface area contributed by atoms with E-state index in [1.165, 1.54) is 32.4 Å². The highest BCUT2D eigenvalue weighted by Crippen LogP contribution is 2.42. The number of halogens is 2. The van der Waals surface area contributed by atoms with Crippen LogP contribution in [0, 0.1) is 10.5 Å². The second kappa shape index (κ2) is 10.9. The van der Waals surface area contributed by atoms with Crippen molar-refractivity contribution >= 4 is 45.1 Å². The fourth-order valence-electron chi connectivity index (χ4n) is 5.01. The Kier molecular flexibility index (Phi) is 7.65. The summed E-state index contributed by atoms with van der Waals surface area (Å²) in [7, 11) is 0. The first-order chi connectivity index (χ1) is 17.4. The van der Waals surface area contributed by atoms with Crippen LogP contribution >= 0.6 is 34.2 Å². The normalized spacial score (nSPS) is 14.4. The Hall–Kier alpha value is -2.42. The van der Waals surface area contributed by atoms with Gasteiger partial charge in [0.2, 0.25) is 0 Å². The number of benzene rings is 3. The molecule has 1 saturated heterocycles. The molecule has 5 nitrogen and oxygen atoms in total. The number of fused-ring (bicyclic) bond motifs is 1. The van der Waals surface area contributed by atoms with Gasteiger partial charge >= 0.3 is 0 Å². The monoisotopic (exact) mass is 616 g/mol. The Labute approximate surface area is 230 Å². The highest BCUT2D eigenvalue weighted by molar-refractivity contribution is 14.1. The van der Waals surface area contributed by atoms with Crippen LogP contribution in [0.4, 0.5) is 0 Å². The van der Waals surface area contributed by atoms with Gasteiger partial charge in [0.1, 0.15) is 23.9 Å². The maximum Gasteiger partial charge on any atom is 0.129 e. The van der Waals surface area contributed by atoms with E-state index in [1.807, 2.05) is 31.2 Å². The molecule has 0 bridgehead atoms. The number of rotatable bonds is 7. The largest absolute Gasteiger partial charge is 0.508 e.